The van der Waals surface area contributed by atoms with E-state index in [-0.39, 0.29) is 18.7 Å². The van der Waals surface area contributed by atoms with Crippen LogP contribution in [0.5, 0.6) is 5.75 Å². The molecule has 9 nitrogen and oxygen atoms in total. The van der Waals surface area contributed by atoms with Gasteiger partial charge in [0.05, 0.1) is 17.6 Å². The van der Waals surface area contributed by atoms with Crippen LogP contribution >= 0.6 is 0 Å². The second-order valence-electron chi connectivity index (χ2n) is 5.18. The van der Waals surface area contributed by atoms with Crippen molar-refractivity contribution < 1.29 is 19.2 Å². The van der Waals surface area contributed by atoms with Crippen molar-refractivity contribution in [2.45, 2.75) is 6.42 Å². The monoisotopic (exact) mass is 356 g/mol. The van der Waals surface area contributed by atoms with Gasteiger partial charge < -0.3 is 10.5 Å². The van der Waals surface area contributed by atoms with Gasteiger partial charge in [-0.15, -0.1) is 0 Å². The number of amides is 2. The van der Waals surface area contributed by atoms with Crippen molar-refractivity contribution in [2.24, 2.45) is 10.8 Å². The number of nitrogens with zero attached hydrogens (tertiary/aromatic N) is 2. The number of carbonyl (C=O) groups is 2. The normalized spacial score (nSPS) is 10.5. The summed E-state index contributed by atoms with van der Waals surface area (Å²) in [6.45, 7) is -0.213. The Morgan fingerprint density at radius 1 is 1.19 bits per heavy atom. The number of para-hydroxylation sites is 1. The Labute approximate surface area is 148 Å². The van der Waals surface area contributed by atoms with E-state index in [2.05, 4.69) is 10.5 Å². The number of primary amides is 1. The average molecular weight is 356 g/mol. The first kappa shape index (κ1) is 18.6. The number of nitrogens with one attached hydrogen (secondary N) is 1. The fourth-order valence-electron chi connectivity index (χ4n) is 2.03. The van der Waals surface area contributed by atoms with E-state index in [1.54, 1.807) is 30.3 Å². The van der Waals surface area contributed by atoms with E-state index >= 15 is 0 Å². The van der Waals surface area contributed by atoms with Crippen molar-refractivity contribution in [2.75, 3.05) is 6.61 Å². The fourth-order valence-corrected chi connectivity index (χ4v) is 2.03. The highest BCUT2D eigenvalue weighted by molar-refractivity contribution is 5.83. The van der Waals surface area contributed by atoms with Crippen molar-refractivity contribution in [3.05, 3.63) is 69.8 Å². The molecule has 2 rings (SSSR count). The molecule has 0 fully saturated rings. The largest absolute Gasteiger partial charge is 0.484 e. The van der Waals surface area contributed by atoms with Crippen LogP contribution in [0.2, 0.25) is 0 Å². The molecule has 134 valence electrons. The number of nitro benzene ring substituents is 1. The van der Waals surface area contributed by atoms with Crippen LogP contribution in [0, 0.1) is 10.1 Å². The quantitative estimate of drug-likeness (QED) is 0.415. The molecule has 0 bridgehead atoms. The maximum absolute atomic E-state index is 11.9. The molecule has 2 amide bonds. The van der Waals surface area contributed by atoms with Crippen molar-refractivity contribution in [3.63, 3.8) is 0 Å². The van der Waals surface area contributed by atoms with E-state index in [9.17, 15) is 19.7 Å². The summed E-state index contributed by atoms with van der Waals surface area (Å²) >= 11 is 0. The molecule has 0 aromatic heterocycles. The molecule has 0 saturated carbocycles. The first-order valence-electron chi connectivity index (χ1n) is 7.51. The van der Waals surface area contributed by atoms with Crippen LogP contribution in [0.1, 0.15) is 11.1 Å². The van der Waals surface area contributed by atoms with Gasteiger partial charge in [-0.3, -0.25) is 19.7 Å². The van der Waals surface area contributed by atoms with Gasteiger partial charge in [-0.25, -0.2) is 5.43 Å². The molecule has 0 aliphatic carbocycles. The number of ether oxygens (including phenoxy) is 1. The number of benzene rings is 2. The van der Waals surface area contributed by atoms with Crippen molar-refractivity contribution >= 4 is 23.7 Å². The summed E-state index contributed by atoms with van der Waals surface area (Å²) in [6.07, 6.45) is 1.25. The van der Waals surface area contributed by atoms with E-state index in [0.717, 1.165) is 0 Å². The van der Waals surface area contributed by atoms with Crippen molar-refractivity contribution in [3.8, 4) is 5.75 Å². The molecule has 0 heterocycles. The lowest BCUT2D eigenvalue weighted by atomic mass is 10.1. The Balaban J connectivity index is 1.89. The third kappa shape index (κ3) is 5.71. The predicted molar refractivity (Wildman–Crippen MR) is 93.7 cm³/mol. The Kier molecular flexibility index (Phi) is 6.38. The Hall–Kier alpha value is -3.75. The van der Waals surface area contributed by atoms with Crippen LogP contribution in [-0.4, -0.2) is 29.6 Å². The highest BCUT2D eigenvalue weighted by Gasteiger charge is 2.14. The van der Waals surface area contributed by atoms with E-state index in [1.165, 1.54) is 24.4 Å². The smallest absolute Gasteiger partial charge is 0.273 e. The molecule has 0 saturated heterocycles. The fraction of sp³-hybridized carbons (Fsp3) is 0.118. The molecule has 0 aliphatic heterocycles. The van der Waals surface area contributed by atoms with Crippen LogP contribution in [-0.2, 0) is 16.0 Å². The number of hydrogen-bond donors (Lipinski definition) is 2. The molecule has 2 aromatic rings. The third-order valence-corrected chi connectivity index (χ3v) is 3.20. The van der Waals surface area contributed by atoms with E-state index in [1.807, 2.05) is 0 Å². The van der Waals surface area contributed by atoms with Gasteiger partial charge >= 0.3 is 0 Å². The van der Waals surface area contributed by atoms with Gasteiger partial charge in [-0.05, 0) is 29.8 Å². The molecule has 0 atom stereocenters. The Bertz CT molecular complexity index is 833. The number of hydrogen-bond acceptors (Lipinski definition) is 6. The van der Waals surface area contributed by atoms with E-state index in [0.29, 0.717) is 16.9 Å². The predicted octanol–water partition coefficient (Wildman–Crippen LogP) is 1.15. The summed E-state index contributed by atoms with van der Waals surface area (Å²) in [6, 6.07) is 12.6. The van der Waals surface area contributed by atoms with Gasteiger partial charge in [0.25, 0.3) is 11.6 Å². The first-order chi connectivity index (χ1) is 12.5. The van der Waals surface area contributed by atoms with E-state index in [4.69, 9.17) is 10.5 Å². The topological polar surface area (TPSA) is 137 Å². The van der Waals surface area contributed by atoms with Crippen molar-refractivity contribution in [1.82, 2.24) is 5.43 Å². The maximum atomic E-state index is 11.9. The maximum Gasteiger partial charge on any atom is 0.273 e. The minimum Gasteiger partial charge on any atom is -0.484 e. The second kappa shape index (κ2) is 8.92. The lowest BCUT2D eigenvalue weighted by Gasteiger charge is -2.03. The van der Waals surface area contributed by atoms with Crippen LogP contribution in [0.4, 0.5) is 5.69 Å². The molecule has 3 N–H and O–H groups in total. The minimum atomic E-state index is -0.572. The number of nitro groups is 1. The Morgan fingerprint density at radius 2 is 1.88 bits per heavy atom. The third-order valence-electron chi connectivity index (χ3n) is 3.20. The van der Waals surface area contributed by atoms with Crippen LogP contribution in [0.3, 0.4) is 0 Å². The summed E-state index contributed by atoms with van der Waals surface area (Å²) in [5.74, 6) is -0.574. The average Bonchev–Trinajstić information content (AvgIpc) is 2.61. The molecule has 0 spiro atoms. The first-order valence-corrected chi connectivity index (χ1v) is 7.51. The number of nitrogens with two attached hydrogens (primary N) is 1. The van der Waals surface area contributed by atoms with Crippen LogP contribution in [0.15, 0.2) is 53.6 Å². The molecule has 26 heavy (non-hydrogen) atoms. The molecule has 0 unspecified atom stereocenters. The zero-order valence-corrected chi connectivity index (χ0v) is 13.6. The molecular formula is C17H16N4O5. The minimum absolute atomic E-state index is 0.113. The zero-order valence-electron chi connectivity index (χ0n) is 13.6. The molecule has 0 aliphatic rings. The highest BCUT2D eigenvalue weighted by Crippen LogP contribution is 2.17. The van der Waals surface area contributed by atoms with Gasteiger partial charge in [0.15, 0.2) is 6.61 Å². The number of hydrazone groups is 1. The lowest BCUT2D eigenvalue weighted by Crippen LogP contribution is -2.20. The van der Waals surface area contributed by atoms with E-state index < -0.39 is 16.7 Å². The van der Waals surface area contributed by atoms with Crippen LogP contribution in [0.25, 0.3) is 0 Å². The molecular weight excluding hydrogens is 340 g/mol. The number of carbonyl (C=O) groups excluding carboxylic acids is 2. The Morgan fingerprint density at radius 3 is 2.54 bits per heavy atom. The van der Waals surface area contributed by atoms with Gasteiger partial charge in [-0.2, -0.15) is 5.10 Å². The van der Waals surface area contributed by atoms with Gasteiger partial charge in [0.1, 0.15) is 5.75 Å². The summed E-state index contributed by atoms with van der Waals surface area (Å²) in [5.41, 5.74) is 8.18. The summed E-state index contributed by atoms with van der Waals surface area (Å²) in [4.78, 5) is 32.9. The standard InChI is InChI=1S/C17H16N4O5/c18-16(22)11-26-14-7-5-12(6-8-14)10-19-20-17(23)9-13-3-1-2-4-15(13)21(24)25/h1-8,10H,9,11H2,(H2,18,22)(H,20,23)/b19-10+. The zero-order chi connectivity index (χ0) is 18.9. The number of rotatable bonds is 8. The summed E-state index contributed by atoms with van der Waals surface area (Å²) in [7, 11) is 0. The van der Waals surface area contributed by atoms with Crippen LogP contribution < -0.4 is 15.9 Å². The van der Waals surface area contributed by atoms with Gasteiger partial charge in [0, 0.05) is 11.6 Å². The van der Waals surface area contributed by atoms with Gasteiger partial charge in [-0.1, -0.05) is 18.2 Å². The SMILES string of the molecule is NC(=O)COc1ccc(/C=N/NC(=O)Cc2ccccc2[N+](=O)[O-])cc1. The highest BCUT2D eigenvalue weighted by atomic mass is 16.6. The summed E-state index contributed by atoms with van der Waals surface area (Å²) < 4.78 is 5.12. The lowest BCUT2D eigenvalue weighted by molar-refractivity contribution is -0.385. The van der Waals surface area contributed by atoms with Gasteiger partial charge in [0.2, 0.25) is 5.91 Å². The molecule has 9 heteroatoms. The molecule has 0 radical (unpaired) electrons. The molecule has 2 aromatic carbocycles. The summed E-state index contributed by atoms with van der Waals surface area (Å²) in [5, 5.41) is 14.7. The van der Waals surface area contributed by atoms with Crippen molar-refractivity contribution in [1.29, 1.82) is 0 Å². The second-order valence-corrected chi connectivity index (χ2v) is 5.18.